The Labute approximate surface area is 112 Å². The molecular weight excluding hydrogens is 248 g/mol. The fourth-order valence-corrected chi connectivity index (χ4v) is 4.13. The first-order valence-electron chi connectivity index (χ1n) is 6.49. The normalized spacial score (nSPS) is 13.2. The number of carbonyl (C=O) groups excluding carboxylic acids is 1. The maximum Gasteiger partial charge on any atom is 0.335 e. The molecule has 0 bridgehead atoms. The molecule has 0 rings (SSSR count). The van der Waals surface area contributed by atoms with Crippen LogP contribution in [0.15, 0.2) is 12.2 Å². The monoisotopic (exact) mass is 274 g/mol. The maximum atomic E-state index is 11.4. The fourth-order valence-electron chi connectivity index (χ4n) is 1.60. The van der Waals surface area contributed by atoms with Crippen LogP contribution in [0.1, 0.15) is 34.1 Å². The minimum atomic E-state index is -2.10. The molecule has 0 heterocycles. The summed E-state index contributed by atoms with van der Waals surface area (Å²) in [4.78, 5) is 11.4. The standard InChI is InChI=1S/C13H26O4Si/c1-7-15-18(6,16-8-2)10-9-12(5)17-13(14)11(3)4/h12H,3,7-10H2,1-2,4-6H3. The van der Waals surface area contributed by atoms with Gasteiger partial charge in [-0.1, -0.05) is 6.58 Å². The van der Waals surface area contributed by atoms with E-state index < -0.39 is 8.56 Å². The van der Waals surface area contributed by atoms with Gasteiger partial charge in [0.05, 0.1) is 6.10 Å². The molecular formula is C13H26O4Si. The Morgan fingerprint density at radius 3 is 2.17 bits per heavy atom. The number of carbonyl (C=O) groups is 1. The van der Waals surface area contributed by atoms with E-state index in [0.717, 1.165) is 12.5 Å². The molecule has 0 aliphatic carbocycles. The van der Waals surface area contributed by atoms with Gasteiger partial charge in [-0.25, -0.2) is 4.79 Å². The summed E-state index contributed by atoms with van der Waals surface area (Å²) in [5.74, 6) is -0.335. The molecule has 0 aliphatic heterocycles. The van der Waals surface area contributed by atoms with E-state index >= 15 is 0 Å². The molecule has 4 nitrogen and oxygen atoms in total. The third-order valence-electron chi connectivity index (χ3n) is 2.56. The second-order valence-electron chi connectivity index (χ2n) is 4.53. The highest BCUT2D eigenvalue weighted by Gasteiger charge is 2.31. The third kappa shape index (κ3) is 6.93. The van der Waals surface area contributed by atoms with E-state index in [1.807, 2.05) is 27.3 Å². The van der Waals surface area contributed by atoms with Gasteiger partial charge in [0, 0.05) is 18.8 Å². The van der Waals surface area contributed by atoms with Crippen molar-refractivity contribution < 1.29 is 18.4 Å². The molecule has 0 radical (unpaired) electrons. The zero-order valence-corrected chi connectivity index (χ0v) is 13.2. The first-order chi connectivity index (χ1) is 8.34. The molecule has 5 heteroatoms. The average molecular weight is 274 g/mol. The van der Waals surface area contributed by atoms with Gasteiger partial charge >= 0.3 is 14.5 Å². The number of hydrogen-bond donors (Lipinski definition) is 0. The van der Waals surface area contributed by atoms with E-state index in [-0.39, 0.29) is 12.1 Å². The van der Waals surface area contributed by atoms with E-state index in [0.29, 0.717) is 18.8 Å². The van der Waals surface area contributed by atoms with Crippen LogP contribution in [-0.2, 0) is 18.4 Å². The summed E-state index contributed by atoms with van der Waals surface area (Å²) in [5, 5.41) is 0. The Balaban J connectivity index is 4.18. The summed E-state index contributed by atoms with van der Waals surface area (Å²) >= 11 is 0. The van der Waals surface area contributed by atoms with Crippen LogP contribution in [0, 0.1) is 0 Å². The number of hydrogen-bond acceptors (Lipinski definition) is 4. The van der Waals surface area contributed by atoms with Crippen molar-refractivity contribution >= 4 is 14.5 Å². The van der Waals surface area contributed by atoms with Gasteiger partial charge in [0.1, 0.15) is 0 Å². The summed E-state index contributed by atoms with van der Waals surface area (Å²) in [7, 11) is -2.10. The van der Waals surface area contributed by atoms with Crippen molar-refractivity contribution in [2.75, 3.05) is 13.2 Å². The lowest BCUT2D eigenvalue weighted by atomic mass is 10.3. The molecule has 18 heavy (non-hydrogen) atoms. The van der Waals surface area contributed by atoms with E-state index in [1.54, 1.807) is 6.92 Å². The Bertz CT molecular complexity index is 272. The van der Waals surface area contributed by atoms with Crippen molar-refractivity contribution in [1.29, 1.82) is 0 Å². The Morgan fingerprint density at radius 1 is 1.28 bits per heavy atom. The maximum absolute atomic E-state index is 11.4. The third-order valence-corrected chi connectivity index (χ3v) is 5.56. The summed E-state index contributed by atoms with van der Waals surface area (Å²) in [6, 6.07) is 0.819. The average Bonchev–Trinajstić information content (AvgIpc) is 2.27. The summed E-state index contributed by atoms with van der Waals surface area (Å²) in [6.45, 7) is 14.4. The van der Waals surface area contributed by atoms with Crippen LogP contribution in [0.3, 0.4) is 0 Å². The van der Waals surface area contributed by atoms with Gasteiger partial charge in [-0.05, 0) is 46.7 Å². The summed E-state index contributed by atoms with van der Waals surface area (Å²) in [5.41, 5.74) is 0.427. The SMILES string of the molecule is C=C(C)C(=O)OC(C)CC[Si](C)(OCC)OCC. The molecule has 0 fully saturated rings. The van der Waals surface area contributed by atoms with Gasteiger partial charge < -0.3 is 13.6 Å². The first kappa shape index (κ1) is 17.3. The molecule has 0 aromatic rings. The number of ether oxygens (including phenoxy) is 1. The van der Waals surface area contributed by atoms with Crippen LogP contribution in [-0.4, -0.2) is 33.8 Å². The quantitative estimate of drug-likeness (QED) is 0.368. The minimum absolute atomic E-state index is 0.137. The summed E-state index contributed by atoms with van der Waals surface area (Å²) < 4.78 is 16.7. The second kappa shape index (κ2) is 8.45. The van der Waals surface area contributed by atoms with Crippen molar-refractivity contribution in [2.45, 2.75) is 52.8 Å². The largest absolute Gasteiger partial charge is 0.459 e. The molecule has 0 N–H and O–H groups in total. The highest BCUT2D eigenvalue weighted by Crippen LogP contribution is 2.18. The molecule has 0 aromatic heterocycles. The van der Waals surface area contributed by atoms with Crippen molar-refractivity contribution in [3.8, 4) is 0 Å². The van der Waals surface area contributed by atoms with Crippen LogP contribution in [0.5, 0.6) is 0 Å². The van der Waals surface area contributed by atoms with Crippen LogP contribution in [0.2, 0.25) is 12.6 Å². The summed E-state index contributed by atoms with van der Waals surface area (Å²) in [6.07, 6.45) is 0.615. The molecule has 1 unspecified atom stereocenters. The Kier molecular flexibility index (Phi) is 8.14. The highest BCUT2D eigenvalue weighted by molar-refractivity contribution is 6.66. The molecule has 1 atom stereocenters. The Morgan fingerprint density at radius 2 is 1.78 bits per heavy atom. The molecule has 0 saturated carbocycles. The molecule has 106 valence electrons. The number of esters is 1. The Hall–Kier alpha value is -0.653. The minimum Gasteiger partial charge on any atom is -0.459 e. The van der Waals surface area contributed by atoms with Crippen LogP contribution in [0.4, 0.5) is 0 Å². The first-order valence-corrected chi connectivity index (χ1v) is 9.01. The van der Waals surface area contributed by atoms with Gasteiger partial charge in [-0.2, -0.15) is 0 Å². The predicted molar refractivity (Wildman–Crippen MR) is 74.7 cm³/mol. The predicted octanol–water partition coefficient (Wildman–Crippen LogP) is 3.03. The van der Waals surface area contributed by atoms with E-state index in [4.69, 9.17) is 13.6 Å². The van der Waals surface area contributed by atoms with Crippen molar-refractivity contribution in [3.05, 3.63) is 12.2 Å². The lowest BCUT2D eigenvalue weighted by Gasteiger charge is -2.27. The lowest BCUT2D eigenvalue weighted by Crippen LogP contribution is -2.39. The molecule has 0 aliphatic rings. The van der Waals surface area contributed by atoms with Crippen LogP contribution < -0.4 is 0 Å². The van der Waals surface area contributed by atoms with Gasteiger partial charge in [-0.15, -0.1) is 0 Å². The molecule has 0 aromatic carbocycles. The lowest BCUT2D eigenvalue weighted by molar-refractivity contribution is -0.143. The fraction of sp³-hybridized carbons (Fsp3) is 0.769. The molecule has 0 spiro atoms. The second-order valence-corrected chi connectivity index (χ2v) is 7.88. The zero-order chi connectivity index (χ0) is 14.2. The van der Waals surface area contributed by atoms with Crippen LogP contribution >= 0.6 is 0 Å². The van der Waals surface area contributed by atoms with Crippen molar-refractivity contribution in [1.82, 2.24) is 0 Å². The number of rotatable bonds is 9. The molecule has 0 amide bonds. The van der Waals surface area contributed by atoms with Gasteiger partial charge in [0.2, 0.25) is 0 Å². The van der Waals surface area contributed by atoms with Crippen molar-refractivity contribution in [2.24, 2.45) is 0 Å². The van der Waals surface area contributed by atoms with Gasteiger partial charge in [-0.3, -0.25) is 0 Å². The molecule has 0 saturated heterocycles. The van der Waals surface area contributed by atoms with E-state index in [2.05, 4.69) is 6.58 Å². The topological polar surface area (TPSA) is 44.8 Å². The van der Waals surface area contributed by atoms with Gasteiger partial charge in [0.15, 0.2) is 0 Å². The van der Waals surface area contributed by atoms with Crippen molar-refractivity contribution in [3.63, 3.8) is 0 Å². The van der Waals surface area contributed by atoms with Gasteiger partial charge in [0.25, 0.3) is 0 Å². The zero-order valence-electron chi connectivity index (χ0n) is 12.2. The smallest absolute Gasteiger partial charge is 0.335 e. The highest BCUT2D eigenvalue weighted by atomic mass is 28.4. The van der Waals surface area contributed by atoms with E-state index in [9.17, 15) is 4.79 Å². The van der Waals surface area contributed by atoms with E-state index in [1.165, 1.54) is 0 Å². The van der Waals surface area contributed by atoms with Crippen LogP contribution in [0.25, 0.3) is 0 Å².